The molecule has 2 aliphatic rings. The Kier molecular flexibility index (Phi) is 4.10. The molecule has 146 valence electrons. The molecular weight excluding hydrogens is 393 g/mol. The van der Waals surface area contributed by atoms with Crippen molar-refractivity contribution in [2.75, 3.05) is 11.4 Å². The van der Waals surface area contributed by atoms with Gasteiger partial charge in [-0.2, -0.15) is 13.2 Å². The number of amidine groups is 1. The van der Waals surface area contributed by atoms with E-state index in [1.165, 1.54) is 6.92 Å². The second-order valence-electron chi connectivity index (χ2n) is 7.14. The number of alkyl halides is 3. The van der Waals surface area contributed by atoms with Crippen LogP contribution >= 0.6 is 11.6 Å². The molecule has 8 heteroatoms. The van der Waals surface area contributed by atoms with Crippen LogP contribution in [0.2, 0.25) is 5.02 Å². The van der Waals surface area contributed by atoms with E-state index in [2.05, 4.69) is 4.99 Å². The minimum atomic E-state index is -4.56. The zero-order chi connectivity index (χ0) is 20.4. The van der Waals surface area contributed by atoms with Crippen LogP contribution in [0.25, 0.3) is 0 Å². The average molecular weight is 409 g/mol. The molecule has 2 heterocycles. The topological polar surface area (TPSA) is 52.9 Å². The van der Waals surface area contributed by atoms with Crippen molar-refractivity contribution in [3.05, 3.63) is 57.6 Å². The van der Waals surface area contributed by atoms with E-state index in [0.29, 0.717) is 17.3 Å². The van der Waals surface area contributed by atoms with Crippen LogP contribution in [0, 0.1) is 13.8 Å². The number of aliphatic hydroxyl groups is 1. The van der Waals surface area contributed by atoms with Crippen LogP contribution in [0.3, 0.4) is 0 Å². The molecule has 0 amide bonds. The van der Waals surface area contributed by atoms with Gasteiger partial charge in [0.15, 0.2) is 5.60 Å². The highest BCUT2D eigenvalue weighted by Gasteiger charge is 2.52. The van der Waals surface area contributed by atoms with E-state index in [9.17, 15) is 23.1 Å². The molecule has 2 aliphatic heterocycles. The molecule has 0 aromatic heterocycles. The number of Topliss-reactive ketones (excluding diaryl/α,β-unsaturated/α-hetero) is 1. The molecule has 0 bridgehead atoms. The van der Waals surface area contributed by atoms with Crippen molar-refractivity contribution in [1.82, 2.24) is 0 Å². The molecule has 1 unspecified atom stereocenters. The van der Waals surface area contributed by atoms with Gasteiger partial charge in [0, 0.05) is 29.2 Å². The second kappa shape index (κ2) is 6.06. The smallest absolute Gasteiger partial charge is 0.374 e. The Bertz CT molecular complexity index is 1050. The van der Waals surface area contributed by atoms with E-state index in [1.807, 2.05) is 6.92 Å². The third-order valence-corrected chi connectivity index (χ3v) is 5.69. The van der Waals surface area contributed by atoms with Crippen LogP contribution in [0.5, 0.6) is 0 Å². The van der Waals surface area contributed by atoms with Gasteiger partial charge in [-0.05, 0) is 49.2 Å². The van der Waals surface area contributed by atoms with E-state index >= 15 is 0 Å². The zero-order valence-electron chi connectivity index (χ0n) is 15.1. The maximum Gasteiger partial charge on any atom is 0.416 e. The molecule has 4 nitrogen and oxygen atoms in total. The first-order valence-corrected chi connectivity index (χ1v) is 9.02. The number of carbonyl (C=O) groups excluding carboxylic acids is 1. The molecular formula is C20H16ClF3N2O2. The lowest BCUT2D eigenvalue weighted by Gasteiger charge is -2.30. The minimum Gasteiger partial charge on any atom is -0.374 e. The highest BCUT2D eigenvalue weighted by atomic mass is 35.5. The molecule has 1 atom stereocenters. The van der Waals surface area contributed by atoms with Gasteiger partial charge in [-0.15, -0.1) is 0 Å². The number of benzene rings is 2. The number of rotatable bonds is 1. The number of fused-ring (bicyclic) bond motifs is 2. The van der Waals surface area contributed by atoms with E-state index < -0.39 is 23.1 Å². The molecule has 28 heavy (non-hydrogen) atoms. The van der Waals surface area contributed by atoms with Crippen molar-refractivity contribution in [2.45, 2.75) is 32.0 Å². The fraction of sp³-hybridized carbons (Fsp3) is 0.300. The molecule has 1 fully saturated rings. The van der Waals surface area contributed by atoms with Crippen LogP contribution < -0.4 is 4.90 Å². The first-order valence-electron chi connectivity index (χ1n) is 8.64. The Morgan fingerprint density at radius 1 is 1.18 bits per heavy atom. The summed E-state index contributed by atoms with van der Waals surface area (Å²) in [6.07, 6.45) is -4.47. The Morgan fingerprint density at radius 2 is 1.89 bits per heavy atom. The van der Waals surface area contributed by atoms with E-state index in [0.717, 1.165) is 17.7 Å². The number of aliphatic imine (C=N–C) groups is 1. The van der Waals surface area contributed by atoms with Crippen molar-refractivity contribution in [2.24, 2.45) is 4.99 Å². The summed E-state index contributed by atoms with van der Waals surface area (Å²) in [7, 11) is 0. The van der Waals surface area contributed by atoms with E-state index in [1.54, 1.807) is 23.1 Å². The summed E-state index contributed by atoms with van der Waals surface area (Å²) < 4.78 is 39.8. The Balaban J connectivity index is 1.88. The van der Waals surface area contributed by atoms with Crippen LogP contribution in [-0.2, 0) is 6.18 Å². The second-order valence-corrected chi connectivity index (χ2v) is 7.55. The summed E-state index contributed by atoms with van der Waals surface area (Å²) >= 11 is 6.18. The maximum absolute atomic E-state index is 13.3. The van der Waals surface area contributed by atoms with Crippen LogP contribution in [0.4, 0.5) is 24.5 Å². The van der Waals surface area contributed by atoms with Gasteiger partial charge in [0.05, 0.1) is 11.3 Å². The summed E-state index contributed by atoms with van der Waals surface area (Å²) in [5.74, 6) is -0.605. The van der Waals surface area contributed by atoms with Crippen LogP contribution in [0.15, 0.2) is 35.3 Å². The number of anilines is 1. The van der Waals surface area contributed by atoms with E-state index in [4.69, 9.17) is 11.6 Å². The predicted molar refractivity (Wildman–Crippen MR) is 101 cm³/mol. The number of hydrogen-bond donors (Lipinski definition) is 1. The highest BCUT2D eigenvalue weighted by molar-refractivity contribution is 6.32. The number of aryl methyl sites for hydroxylation is 2. The average Bonchev–Trinajstić information content (AvgIpc) is 2.95. The predicted octanol–water partition coefficient (Wildman–Crippen LogP) is 4.84. The summed E-state index contributed by atoms with van der Waals surface area (Å²) in [4.78, 5) is 18.9. The van der Waals surface area contributed by atoms with E-state index in [-0.39, 0.29) is 29.1 Å². The first-order chi connectivity index (χ1) is 13.0. The van der Waals surface area contributed by atoms with Gasteiger partial charge in [0.2, 0.25) is 5.78 Å². The summed E-state index contributed by atoms with van der Waals surface area (Å²) in [6, 6.07) is 7.27. The molecule has 4 rings (SSSR count). The monoisotopic (exact) mass is 408 g/mol. The van der Waals surface area contributed by atoms with Crippen molar-refractivity contribution in [3.63, 3.8) is 0 Å². The molecule has 0 radical (unpaired) electrons. The number of nitrogens with zero attached hydrogens (tertiary/aromatic N) is 2. The van der Waals surface area contributed by atoms with Gasteiger partial charge >= 0.3 is 6.18 Å². The Labute approximate surface area is 164 Å². The lowest BCUT2D eigenvalue weighted by atomic mass is 9.86. The quantitative estimate of drug-likeness (QED) is 0.734. The van der Waals surface area contributed by atoms with Crippen LogP contribution in [0.1, 0.15) is 33.5 Å². The molecule has 0 aliphatic carbocycles. The summed E-state index contributed by atoms with van der Waals surface area (Å²) in [5, 5.41) is 11.5. The SMILES string of the molecule is Cc1ccc(N2CCC3(O)C(=O)c4cc(C)c(C(F)(F)F)cc4N=C23)cc1Cl. The van der Waals surface area contributed by atoms with Crippen molar-refractivity contribution >= 4 is 34.6 Å². The lowest BCUT2D eigenvalue weighted by Crippen LogP contribution is -2.48. The fourth-order valence-electron chi connectivity index (χ4n) is 3.70. The summed E-state index contributed by atoms with van der Waals surface area (Å²) in [5.41, 5.74) is -1.41. The fourth-order valence-corrected chi connectivity index (χ4v) is 3.87. The van der Waals surface area contributed by atoms with Gasteiger partial charge in [0.1, 0.15) is 5.84 Å². The number of ketones is 1. The highest BCUT2D eigenvalue weighted by Crippen LogP contribution is 2.43. The molecule has 1 N–H and O–H groups in total. The van der Waals surface area contributed by atoms with Crippen molar-refractivity contribution in [3.8, 4) is 0 Å². The normalized spacial score (nSPS) is 21.5. The number of hydrogen-bond acceptors (Lipinski definition) is 4. The number of carbonyl (C=O) groups is 1. The van der Waals surface area contributed by atoms with Gasteiger partial charge in [-0.25, -0.2) is 4.99 Å². The molecule has 1 saturated heterocycles. The minimum absolute atomic E-state index is 0.000499. The van der Waals surface area contributed by atoms with Crippen LogP contribution in [-0.4, -0.2) is 28.9 Å². The summed E-state index contributed by atoms with van der Waals surface area (Å²) in [6.45, 7) is 3.42. The molecule has 0 saturated carbocycles. The molecule has 0 spiro atoms. The third kappa shape index (κ3) is 2.72. The van der Waals surface area contributed by atoms with Gasteiger partial charge < -0.3 is 10.0 Å². The standard InChI is InChI=1S/C20H16ClF3N2O2/c1-10-3-4-12(8-15(10)21)26-6-5-19(28)17(27)13-7-11(2)14(20(22,23)24)9-16(13)25-18(19)26/h3-4,7-9,28H,5-6H2,1-2H3. The Hall–Kier alpha value is -2.38. The first kappa shape index (κ1) is 19.0. The molecule has 2 aromatic rings. The van der Waals surface area contributed by atoms with Crippen molar-refractivity contribution < 1.29 is 23.1 Å². The zero-order valence-corrected chi connectivity index (χ0v) is 15.8. The van der Waals surface area contributed by atoms with Gasteiger partial charge in [-0.1, -0.05) is 17.7 Å². The maximum atomic E-state index is 13.3. The van der Waals surface area contributed by atoms with Gasteiger partial charge in [-0.3, -0.25) is 4.79 Å². The molecule has 2 aromatic carbocycles. The van der Waals surface area contributed by atoms with Crippen molar-refractivity contribution in [1.29, 1.82) is 0 Å². The third-order valence-electron chi connectivity index (χ3n) is 5.28. The lowest BCUT2D eigenvalue weighted by molar-refractivity contribution is -0.138. The largest absolute Gasteiger partial charge is 0.416 e. The number of halogens is 4. The van der Waals surface area contributed by atoms with Gasteiger partial charge in [0.25, 0.3) is 0 Å². The Morgan fingerprint density at radius 3 is 2.54 bits per heavy atom.